The fourth-order valence-corrected chi connectivity index (χ4v) is 3.06. The molecule has 3 N–H and O–H groups in total. The van der Waals surface area contributed by atoms with Crippen molar-refractivity contribution >= 4 is 29.1 Å². The van der Waals surface area contributed by atoms with Crippen molar-refractivity contribution in [2.75, 3.05) is 35.7 Å². The molecule has 0 heterocycles. The molecule has 0 fully saturated rings. The highest BCUT2D eigenvalue weighted by Gasteiger charge is 2.30. The maximum absolute atomic E-state index is 13.4. The SMILES string of the molecule is COc1ccc(NC(=O)N(CCNC(=O)Nc2cccc(C(F)(F)F)c2)c2ccc(F)cc2)cc1. The summed E-state index contributed by atoms with van der Waals surface area (Å²) in [5.74, 6) is 0.122. The van der Waals surface area contributed by atoms with E-state index in [0.29, 0.717) is 17.1 Å². The van der Waals surface area contributed by atoms with Crippen LogP contribution in [-0.2, 0) is 6.18 Å². The lowest BCUT2D eigenvalue weighted by Gasteiger charge is -2.23. The van der Waals surface area contributed by atoms with Gasteiger partial charge < -0.3 is 20.7 Å². The summed E-state index contributed by atoms with van der Waals surface area (Å²) in [6.07, 6.45) is -4.54. The zero-order valence-electron chi connectivity index (χ0n) is 18.5. The maximum atomic E-state index is 13.4. The Morgan fingerprint density at radius 2 is 1.60 bits per heavy atom. The number of nitrogens with zero attached hydrogens (tertiary/aromatic N) is 1. The van der Waals surface area contributed by atoms with E-state index in [-0.39, 0.29) is 18.8 Å². The first-order valence-corrected chi connectivity index (χ1v) is 10.4. The van der Waals surface area contributed by atoms with Gasteiger partial charge in [0.05, 0.1) is 12.7 Å². The normalized spacial score (nSPS) is 10.9. The number of rotatable bonds is 7. The molecule has 0 aliphatic carbocycles. The van der Waals surface area contributed by atoms with Crippen LogP contribution in [0.15, 0.2) is 72.8 Å². The Labute approximate surface area is 198 Å². The van der Waals surface area contributed by atoms with Gasteiger partial charge in [-0.2, -0.15) is 13.2 Å². The van der Waals surface area contributed by atoms with Gasteiger partial charge in [0.25, 0.3) is 0 Å². The molecule has 35 heavy (non-hydrogen) atoms. The summed E-state index contributed by atoms with van der Waals surface area (Å²) in [5.41, 5.74) is -0.0754. The van der Waals surface area contributed by atoms with E-state index in [4.69, 9.17) is 4.74 Å². The molecule has 0 aliphatic heterocycles. The van der Waals surface area contributed by atoms with E-state index >= 15 is 0 Å². The number of alkyl halides is 3. The molecule has 11 heteroatoms. The van der Waals surface area contributed by atoms with Gasteiger partial charge in [-0.05, 0) is 66.7 Å². The number of methoxy groups -OCH3 is 1. The minimum atomic E-state index is -4.54. The molecule has 0 spiro atoms. The Balaban J connectivity index is 1.63. The lowest BCUT2D eigenvalue weighted by Crippen LogP contribution is -2.42. The average Bonchev–Trinajstić information content (AvgIpc) is 2.82. The van der Waals surface area contributed by atoms with Crippen molar-refractivity contribution in [3.63, 3.8) is 0 Å². The Bertz CT molecular complexity index is 1150. The highest BCUT2D eigenvalue weighted by molar-refractivity contribution is 6.01. The molecule has 0 saturated heterocycles. The van der Waals surface area contributed by atoms with E-state index in [0.717, 1.165) is 12.1 Å². The molecule has 0 atom stereocenters. The molecule has 184 valence electrons. The number of amides is 4. The average molecular weight is 490 g/mol. The van der Waals surface area contributed by atoms with Crippen LogP contribution < -0.4 is 25.6 Å². The summed E-state index contributed by atoms with van der Waals surface area (Å²) in [7, 11) is 1.51. The topological polar surface area (TPSA) is 82.7 Å². The fourth-order valence-electron chi connectivity index (χ4n) is 3.06. The number of carbonyl (C=O) groups excluding carboxylic acids is 2. The first-order chi connectivity index (χ1) is 16.7. The summed E-state index contributed by atoms with van der Waals surface area (Å²) < 4.78 is 57.0. The van der Waals surface area contributed by atoms with E-state index in [1.165, 1.54) is 48.4 Å². The monoisotopic (exact) mass is 490 g/mol. The van der Waals surface area contributed by atoms with Crippen molar-refractivity contribution in [3.8, 4) is 5.75 Å². The number of benzene rings is 3. The standard InChI is InChI=1S/C24H22F4N4O3/c1-35-21-11-7-18(8-12-21)31-23(34)32(20-9-5-17(25)6-10-20)14-13-29-22(33)30-19-4-2-3-16(15-19)24(26,27)28/h2-12,15H,13-14H2,1H3,(H,31,34)(H2,29,30,33). The minimum absolute atomic E-state index is 0.0103. The molecule has 3 aromatic carbocycles. The highest BCUT2D eigenvalue weighted by Crippen LogP contribution is 2.30. The number of urea groups is 2. The first kappa shape index (κ1) is 25.3. The molecule has 4 amide bonds. The van der Waals surface area contributed by atoms with E-state index < -0.39 is 29.6 Å². The molecule has 3 aromatic rings. The first-order valence-electron chi connectivity index (χ1n) is 10.4. The summed E-state index contributed by atoms with van der Waals surface area (Å²) >= 11 is 0. The smallest absolute Gasteiger partial charge is 0.416 e. The second-order valence-corrected chi connectivity index (χ2v) is 7.25. The van der Waals surface area contributed by atoms with Crippen LogP contribution in [0.1, 0.15) is 5.56 Å². The van der Waals surface area contributed by atoms with E-state index in [9.17, 15) is 27.2 Å². The molecule has 0 unspecified atom stereocenters. The number of ether oxygens (including phenoxy) is 1. The predicted octanol–water partition coefficient (Wildman–Crippen LogP) is 5.71. The van der Waals surface area contributed by atoms with Gasteiger partial charge in [-0.25, -0.2) is 14.0 Å². The van der Waals surface area contributed by atoms with Crippen LogP contribution in [0.2, 0.25) is 0 Å². The van der Waals surface area contributed by atoms with Gasteiger partial charge in [0.2, 0.25) is 0 Å². The van der Waals surface area contributed by atoms with Crippen molar-refractivity contribution in [1.29, 1.82) is 0 Å². The zero-order chi connectivity index (χ0) is 25.4. The van der Waals surface area contributed by atoms with Crippen LogP contribution in [0.4, 0.5) is 44.2 Å². The molecule has 0 aromatic heterocycles. The largest absolute Gasteiger partial charge is 0.497 e. The third-order valence-corrected chi connectivity index (χ3v) is 4.79. The molecule has 3 rings (SSSR count). The number of hydrogen-bond donors (Lipinski definition) is 3. The van der Waals surface area contributed by atoms with Gasteiger partial charge in [-0.3, -0.25) is 4.90 Å². The lowest BCUT2D eigenvalue weighted by atomic mass is 10.2. The van der Waals surface area contributed by atoms with Crippen LogP contribution in [-0.4, -0.2) is 32.3 Å². The maximum Gasteiger partial charge on any atom is 0.416 e. The van der Waals surface area contributed by atoms with Gasteiger partial charge in [0.15, 0.2) is 0 Å². The number of nitrogens with one attached hydrogen (secondary N) is 3. The summed E-state index contributed by atoms with van der Waals surface area (Å²) in [6.45, 7) is -0.0537. The number of carbonyl (C=O) groups is 2. The van der Waals surface area contributed by atoms with Crippen molar-refractivity contribution in [2.45, 2.75) is 6.18 Å². The molecular formula is C24H22F4N4O3. The number of halogens is 4. The second-order valence-electron chi connectivity index (χ2n) is 7.25. The zero-order valence-corrected chi connectivity index (χ0v) is 18.5. The van der Waals surface area contributed by atoms with Crippen LogP contribution in [0.5, 0.6) is 5.75 Å². The Kier molecular flexibility index (Phi) is 8.13. The van der Waals surface area contributed by atoms with Crippen molar-refractivity contribution < 1.29 is 31.9 Å². The fraction of sp³-hybridized carbons (Fsp3) is 0.167. The minimum Gasteiger partial charge on any atom is -0.497 e. The van der Waals surface area contributed by atoms with Crippen molar-refractivity contribution in [1.82, 2.24) is 5.32 Å². The Morgan fingerprint density at radius 3 is 2.23 bits per heavy atom. The molecule has 0 radical (unpaired) electrons. The van der Waals surface area contributed by atoms with Gasteiger partial charge >= 0.3 is 18.2 Å². The molecule has 0 bridgehead atoms. The quantitative estimate of drug-likeness (QED) is 0.371. The highest BCUT2D eigenvalue weighted by atomic mass is 19.4. The van der Waals surface area contributed by atoms with Crippen LogP contribution in [0.3, 0.4) is 0 Å². The van der Waals surface area contributed by atoms with E-state index in [1.54, 1.807) is 24.3 Å². The molecule has 0 saturated carbocycles. The molecule has 0 aliphatic rings. The van der Waals surface area contributed by atoms with Gasteiger partial charge in [-0.15, -0.1) is 0 Å². The molecular weight excluding hydrogens is 468 g/mol. The summed E-state index contributed by atoms with van der Waals surface area (Å²) in [4.78, 5) is 26.4. The third-order valence-electron chi connectivity index (χ3n) is 4.79. The van der Waals surface area contributed by atoms with Gasteiger partial charge in [0, 0.05) is 30.2 Å². The second kappa shape index (κ2) is 11.2. The van der Waals surface area contributed by atoms with E-state index in [2.05, 4.69) is 16.0 Å². The van der Waals surface area contributed by atoms with Crippen LogP contribution in [0, 0.1) is 5.82 Å². The number of hydrogen-bond acceptors (Lipinski definition) is 3. The summed E-state index contributed by atoms with van der Waals surface area (Å²) in [5, 5.41) is 7.52. The Morgan fingerprint density at radius 1 is 0.914 bits per heavy atom. The van der Waals surface area contributed by atoms with Crippen molar-refractivity contribution in [3.05, 3.63) is 84.2 Å². The van der Waals surface area contributed by atoms with Gasteiger partial charge in [0.1, 0.15) is 11.6 Å². The van der Waals surface area contributed by atoms with Crippen LogP contribution >= 0.6 is 0 Å². The van der Waals surface area contributed by atoms with E-state index in [1.807, 2.05) is 0 Å². The predicted molar refractivity (Wildman–Crippen MR) is 124 cm³/mol. The molecule has 7 nitrogen and oxygen atoms in total. The van der Waals surface area contributed by atoms with Gasteiger partial charge in [-0.1, -0.05) is 6.07 Å². The Hall–Kier alpha value is -4.28. The van der Waals surface area contributed by atoms with Crippen molar-refractivity contribution in [2.24, 2.45) is 0 Å². The summed E-state index contributed by atoms with van der Waals surface area (Å²) in [6, 6.07) is 14.7. The number of anilines is 3. The van der Waals surface area contributed by atoms with Crippen LogP contribution in [0.25, 0.3) is 0 Å². The lowest BCUT2D eigenvalue weighted by molar-refractivity contribution is -0.137. The third kappa shape index (κ3) is 7.36.